The van der Waals surface area contributed by atoms with Crippen LogP contribution >= 0.6 is 0 Å². The second-order valence-electron chi connectivity index (χ2n) is 7.45. The molecule has 31 heavy (non-hydrogen) atoms. The van der Waals surface area contributed by atoms with Gasteiger partial charge in [-0.2, -0.15) is 0 Å². The first-order chi connectivity index (χ1) is 15.0. The van der Waals surface area contributed by atoms with Crippen LogP contribution in [0.1, 0.15) is 35.7 Å². The molecule has 6 heteroatoms. The molecule has 2 N–H and O–H groups in total. The number of aliphatic carboxylic acids is 1. The van der Waals surface area contributed by atoms with E-state index in [0.29, 0.717) is 28.9 Å². The molecular weight excluding hydrogens is 396 g/mol. The number of carbonyl (C=O) groups excluding carboxylic acids is 1. The van der Waals surface area contributed by atoms with Gasteiger partial charge in [0, 0.05) is 5.56 Å². The number of esters is 1. The van der Waals surface area contributed by atoms with Gasteiger partial charge >= 0.3 is 11.9 Å². The zero-order chi connectivity index (χ0) is 22.0. The van der Waals surface area contributed by atoms with Crippen molar-refractivity contribution in [3.05, 3.63) is 83.9 Å². The van der Waals surface area contributed by atoms with E-state index in [1.165, 1.54) is 24.3 Å². The summed E-state index contributed by atoms with van der Waals surface area (Å²) in [6.45, 7) is 1.99. The summed E-state index contributed by atoms with van der Waals surface area (Å²) >= 11 is 0. The minimum Gasteiger partial charge on any atom is -0.508 e. The molecule has 1 aliphatic heterocycles. The molecule has 3 aromatic carbocycles. The van der Waals surface area contributed by atoms with Gasteiger partial charge in [0.15, 0.2) is 0 Å². The number of carbonyl (C=O) groups is 2. The smallest absolute Gasteiger partial charge is 0.343 e. The van der Waals surface area contributed by atoms with E-state index < -0.39 is 17.5 Å². The number of carboxylic acids is 1. The van der Waals surface area contributed by atoms with E-state index in [4.69, 9.17) is 9.47 Å². The van der Waals surface area contributed by atoms with Gasteiger partial charge in [0.25, 0.3) is 0 Å². The Labute approximate surface area is 179 Å². The Kier molecular flexibility index (Phi) is 5.48. The summed E-state index contributed by atoms with van der Waals surface area (Å²) in [5.41, 5.74) is 1.12. The van der Waals surface area contributed by atoms with Gasteiger partial charge < -0.3 is 19.7 Å². The average Bonchev–Trinajstić information content (AvgIpc) is 3.50. The fourth-order valence-corrected chi connectivity index (χ4v) is 3.73. The van der Waals surface area contributed by atoms with Crippen molar-refractivity contribution < 1.29 is 29.3 Å². The van der Waals surface area contributed by atoms with Gasteiger partial charge in [0.1, 0.15) is 17.6 Å². The van der Waals surface area contributed by atoms with Gasteiger partial charge in [0.2, 0.25) is 5.60 Å². The first-order valence-corrected chi connectivity index (χ1v) is 10.1. The lowest BCUT2D eigenvalue weighted by molar-refractivity contribution is -0.143. The second kappa shape index (κ2) is 8.24. The van der Waals surface area contributed by atoms with E-state index in [2.05, 4.69) is 0 Å². The lowest BCUT2D eigenvalue weighted by Crippen LogP contribution is -2.24. The van der Waals surface area contributed by atoms with Crippen LogP contribution in [0.3, 0.4) is 0 Å². The molecule has 6 nitrogen and oxygen atoms in total. The van der Waals surface area contributed by atoms with Crippen molar-refractivity contribution in [3.63, 3.8) is 0 Å². The lowest BCUT2D eigenvalue weighted by Gasteiger charge is -2.12. The monoisotopic (exact) mass is 418 g/mol. The third-order valence-electron chi connectivity index (χ3n) is 5.41. The van der Waals surface area contributed by atoms with Gasteiger partial charge in [-0.15, -0.1) is 0 Å². The molecule has 0 bridgehead atoms. The van der Waals surface area contributed by atoms with Gasteiger partial charge in [-0.1, -0.05) is 55.8 Å². The third kappa shape index (κ3) is 3.90. The molecule has 0 spiro atoms. The highest BCUT2D eigenvalue weighted by molar-refractivity contribution is 5.92. The van der Waals surface area contributed by atoms with Crippen molar-refractivity contribution in [2.75, 3.05) is 0 Å². The van der Waals surface area contributed by atoms with Crippen molar-refractivity contribution >= 4 is 11.9 Å². The topological polar surface area (TPSA) is 96.4 Å². The Morgan fingerprint density at radius 1 is 1.00 bits per heavy atom. The minimum atomic E-state index is -1.28. The van der Waals surface area contributed by atoms with Crippen LogP contribution in [0.4, 0.5) is 0 Å². The molecule has 2 atom stereocenters. The number of phenolic OH excluding ortho intramolecular Hbond substituents is 1. The fourth-order valence-electron chi connectivity index (χ4n) is 3.73. The number of carboxylic acid groups (broad SMARTS) is 1. The summed E-state index contributed by atoms with van der Waals surface area (Å²) < 4.78 is 11.2. The highest BCUT2D eigenvalue weighted by atomic mass is 16.6. The average molecular weight is 418 g/mol. The SMILES string of the molecule is CCC[C@@H]1O[C@]1(C(=O)O)c1ccc(-c2ccccc2OC(=O)c2ccc(O)cc2)cc1. The maximum absolute atomic E-state index is 12.5. The van der Waals surface area contributed by atoms with Gasteiger partial charge in [-0.25, -0.2) is 9.59 Å². The maximum atomic E-state index is 12.5. The maximum Gasteiger partial charge on any atom is 0.343 e. The third-order valence-corrected chi connectivity index (χ3v) is 5.41. The summed E-state index contributed by atoms with van der Waals surface area (Å²) in [5, 5.41) is 19.1. The molecule has 1 aliphatic rings. The minimum absolute atomic E-state index is 0.0667. The number of epoxide rings is 1. The fraction of sp³-hybridized carbons (Fsp3) is 0.200. The molecule has 1 saturated heterocycles. The largest absolute Gasteiger partial charge is 0.508 e. The molecule has 158 valence electrons. The van der Waals surface area contributed by atoms with Crippen molar-refractivity contribution in [3.8, 4) is 22.6 Å². The van der Waals surface area contributed by atoms with Gasteiger partial charge in [-0.3, -0.25) is 0 Å². The first-order valence-electron chi connectivity index (χ1n) is 10.1. The Balaban J connectivity index is 1.59. The second-order valence-corrected chi connectivity index (χ2v) is 7.45. The van der Waals surface area contributed by atoms with E-state index in [1.807, 2.05) is 19.1 Å². The summed E-state index contributed by atoms with van der Waals surface area (Å²) in [6, 6.07) is 20.1. The zero-order valence-corrected chi connectivity index (χ0v) is 16.9. The summed E-state index contributed by atoms with van der Waals surface area (Å²) in [6.07, 6.45) is 1.21. The Morgan fingerprint density at radius 2 is 1.68 bits per heavy atom. The Morgan fingerprint density at radius 3 is 2.32 bits per heavy atom. The summed E-state index contributed by atoms with van der Waals surface area (Å²) in [5.74, 6) is -1.07. The normalized spacial score (nSPS) is 19.6. The highest BCUT2D eigenvalue weighted by Crippen LogP contribution is 2.49. The lowest BCUT2D eigenvalue weighted by atomic mass is 9.91. The molecule has 0 aliphatic carbocycles. The van der Waals surface area contributed by atoms with Crippen LogP contribution in [0.5, 0.6) is 11.5 Å². The predicted molar refractivity (Wildman–Crippen MR) is 114 cm³/mol. The predicted octanol–water partition coefficient (Wildman–Crippen LogP) is 4.76. The Bertz CT molecular complexity index is 1100. The van der Waals surface area contributed by atoms with Crippen molar-refractivity contribution in [1.82, 2.24) is 0 Å². The van der Waals surface area contributed by atoms with Crippen LogP contribution in [0.15, 0.2) is 72.8 Å². The van der Waals surface area contributed by atoms with Crippen LogP contribution in [-0.4, -0.2) is 28.3 Å². The zero-order valence-electron chi connectivity index (χ0n) is 16.9. The molecule has 1 fully saturated rings. The molecule has 0 aromatic heterocycles. The molecule has 1 heterocycles. The molecule has 0 saturated carbocycles. The summed E-state index contributed by atoms with van der Waals surface area (Å²) in [4.78, 5) is 24.3. The molecule has 4 rings (SSSR count). The van der Waals surface area contributed by atoms with E-state index in [1.54, 1.807) is 36.4 Å². The number of rotatable bonds is 7. The van der Waals surface area contributed by atoms with E-state index in [9.17, 15) is 19.8 Å². The number of benzene rings is 3. The standard InChI is InChI=1S/C25H22O6/c1-2-5-22-25(31-22,24(28)29)18-12-8-16(9-13-18)20-6-3-4-7-21(20)30-23(27)17-10-14-19(26)15-11-17/h3-4,6-15,22,26H,2,5H2,1H3,(H,28,29)/t22-,25+/m0/s1. The quantitative estimate of drug-likeness (QED) is 0.326. The van der Waals surface area contributed by atoms with Crippen molar-refractivity contribution in [1.29, 1.82) is 0 Å². The number of para-hydroxylation sites is 1. The van der Waals surface area contributed by atoms with Gasteiger partial charge in [-0.05, 0) is 47.9 Å². The Hall–Kier alpha value is -3.64. The van der Waals surface area contributed by atoms with Crippen molar-refractivity contribution in [2.24, 2.45) is 0 Å². The molecule has 3 aromatic rings. The number of aromatic hydroxyl groups is 1. The van der Waals surface area contributed by atoms with Crippen LogP contribution in [0.25, 0.3) is 11.1 Å². The van der Waals surface area contributed by atoms with Crippen LogP contribution in [-0.2, 0) is 15.1 Å². The number of hydrogen-bond donors (Lipinski definition) is 2. The number of ether oxygens (including phenoxy) is 2. The van der Waals surface area contributed by atoms with Crippen molar-refractivity contribution in [2.45, 2.75) is 31.5 Å². The molecule has 0 amide bonds. The molecular formula is C25H22O6. The highest BCUT2D eigenvalue weighted by Gasteiger charge is 2.63. The molecule has 0 radical (unpaired) electrons. The van der Waals surface area contributed by atoms with Crippen LogP contribution < -0.4 is 4.74 Å². The molecule has 0 unspecified atom stereocenters. The summed E-state index contributed by atoms with van der Waals surface area (Å²) in [7, 11) is 0. The number of hydrogen-bond acceptors (Lipinski definition) is 5. The first kappa shape index (κ1) is 20.6. The van der Waals surface area contributed by atoms with Crippen LogP contribution in [0.2, 0.25) is 0 Å². The number of phenols is 1. The van der Waals surface area contributed by atoms with Gasteiger partial charge in [0.05, 0.1) is 5.56 Å². The van der Waals surface area contributed by atoms with E-state index in [0.717, 1.165) is 12.0 Å². The van der Waals surface area contributed by atoms with E-state index in [-0.39, 0.29) is 11.9 Å². The van der Waals surface area contributed by atoms with E-state index >= 15 is 0 Å². The van der Waals surface area contributed by atoms with Crippen LogP contribution in [0, 0.1) is 0 Å².